The maximum atomic E-state index is 13.0. The van der Waals surface area contributed by atoms with Crippen molar-refractivity contribution in [1.29, 1.82) is 0 Å². The highest BCUT2D eigenvalue weighted by Gasteiger charge is 2.39. The van der Waals surface area contributed by atoms with Gasteiger partial charge in [0.2, 0.25) is 11.8 Å². The molecule has 0 aliphatic rings. The van der Waals surface area contributed by atoms with E-state index in [1.807, 2.05) is 0 Å². The second-order valence-electron chi connectivity index (χ2n) is 7.48. The fraction of sp³-hybridized carbons (Fsp3) is 0.500. The molecule has 3 amide bonds. The van der Waals surface area contributed by atoms with Crippen LogP contribution in [0.2, 0.25) is 0 Å². The van der Waals surface area contributed by atoms with Crippen LogP contribution in [0.3, 0.4) is 0 Å². The van der Waals surface area contributed by atoms with Crippen molar-refractivity contribution in [2.24, 2.45) is 0 Å². The summed E-state index contributed by atoms with van der Waals surface area (Å²) in [6, 6.07) is 0.0699. The molecule has 0 aliphatic heterocycles. The Bertz CT molecular complexity index is 863. The summed E-state index contributed by atoms with van der Waals surface area (Å²) in [6.45, 7) is 4.75. The fourth-order valence-corrected chi connectivity index (χ4v) is 2.24. The number of rotatable bonds is 6. The molecule has 0 saturated carbocycles. The van der Waals surface area contributed by atoms with Gasteiger partial charge in [-0.05, 0) is 32.9 Å². The van der Waals surface area contributed by atoms with E-state index in [1.165, 1.54) is 0 Å². The van der Waals surface area contributed by atoms with Gasteiger partial charge in [0, 0.05) is 13.1 Å². The van der Waals surface area contributed by atoms with E-state index in [0.717, 1.165) is 0 Å². The molecule has 0 radical (unpaired) electrons. The van der Waals surface area contributed by atoms with E-state index in [-0.39, 0.29) is 25.2 Å². The van der Waals surface area contributed by atoms with Gasteiger partial charge < -0.3 is 26.4 Å². The molecular weight excluding hydrogens is 450 g/mol. The smallest absolute Gasteiger partial charge is 0.418 e. The number of alkyl carbamates (subject to hydrolysis) is 1. The van der Waals surface area contributed by atoms with Gasteiger partial charge in [-0.15, -0.1) is 0 Å². The van der Waals surface area contributed by atoms with Gasteiger partial charge in [-0.2, -0.15) is 26.3 Å². The molecule has 0 heterocycles. The molecule has 14 heteroatoms. The predicted octanol–water partition coefficient (Wildman–Crippen LogP) is 3.28. The Morgan fingerprint density at radius 1 is 0.906 bits per heavy atom. The summed E-state index contributed by atoms with van der Waals surface area (Å²) in [5.41, 5.74) is -0.967. The van der Waals surface area contributed by atoms with Gasteiger partial charge in [-0.25, -0.2) is 4.79 Å². The molecular formula is C18H22F6N4O4. The number of amides is 3. The average Bonchev–Trinajstić information content (AvgIpc) is 2.56. The van der Waals surface area contributed by atoms with Crippen molar-refractivity contribution in [1.82, 2.24) is 10.6 Å². The third-order valence-corrected chi connectivity index (χ3v) is 3.52. The van der Waals surface area contributed by atoms with E-state index in [4.69, 9.17) is 10.5 Å². The zero-order chi connectivity index (χ0) is 24.9. The molecule has 0 saturated heterocycles. The van der Waals surface area contributed by atoms with E-state index in [9.17, 15) is 40.7 Å². The second kappa shape index (κ2) is 9.96. The molecule has 1 aromatic carbocycles. The number of halogens is 6. The van der Waals surface area contributed by atoms with Crippen LogP contribution in [0.4, 0.5) is 42.5 Å². The molecule has 180 valence electrons. The Morgan fingerprint density at radius 2 is 1.47 bits per heavy atom. The number of ether oxygens (including phenoxy) is 1. The maximum absolute atomic E-state index is 13.0. The molecule has 1 aromatic rings. The Balaban J connectivity index is 2.72. The van der Waals surface area contributed by atoms with Crippen LogP contribution in [0.5, 0.6) is 0 Å². The number of hydrogen-bond donors (Lipinski definition) is 4. The zero-order valence-corrected chi connectivity index (χ0v) is 17.3. The molecule has 0 fully saturated rings. The maximum Gasteiger partial charge on any atom is 0.418 e. The van der Waals surface area contributed by atoms with E-state index in [1.54, 1.807) is 26.1 Å². The molecule has 32 heavy (non-hydrogen) atoms. The molecule has 1 rings (SSSR count). The van der Waals surface area contributed by atoms with Gasteiger partial charge in [0.25, 0.3) is 0 Å². The van der Waals surface area contributed by atoms with Crippen LogP contribution in [0.15, 0.2) is 12.1 Å². The molecule has 0 unspecified atom stereocenters. The number of carbonyl (C=O) groups excluding carboxylic acids is 3. The summed E-state index contributed by atoms with van der Waals surface area (Å²) in [4.78, 5) is 35.1. The minimum absolute atomic E-state index is 0.0577. The quantitative estimate of drug-likeness (QED) is 0.219. The van der Waals surface area contributed by atoms with Gasteiger partial charge in [0.1, 0.15) is 12.0 Å². The van der Waals surface area contributed by atoms with Crippen molar-refractivity contribution in [3.63, 3.8) is 0 Å². The SMILES string of the molecule is CC(C)(C)OC(=O)NCCNC(=O)CC(=O)Nc1cc(C(F)(F)F)cc(C(F)(F)F)c1N. The molecule has 0 aliphatic carbocycles. The minimum atomic E-state index is -5.21. The third-order valence-electron chi connectivity index (χ3n) is 3.52. The number of nitrogens with one attached hydrogen (secondary N) is 3. The first-order chi connectivity index (χ1) is 14.4. The lowest BCUT2D eigenvalue weighted by Crippen LogP contribution is -2.38. The first kappa shape index (κ1) is 26.8. The summed E-state index contributed by atoms with van der Waals surface area (Å²) >= 11 is 0. The molecule has 0 spiro atoms. The Kier molecular flexibility index (Phi) is 8.35. The van der Waals surface area contributed by atoms with Crippen molar-refractivity contribution in [2.75, 3.05) is 24.1 Å². The van der Waals surface area contributed by atoms with Gasteiger partial charge in [0.15, 0.2) is 0 Å². The lowest BCUT2D eigenvalue weighted by molar-refractivity contribution is -0.142. The lowest BCUT2D eigenvalue weighted by Gasteiger charge is -2.19. The first-order valence-electron chi connectivity index (χ1n) is 9.01. The number of anilines is 2. The normalized spacial score (nSPS) is 12.2. The Morgan fingerprint density at radius 3 is 1.97 bits per heavy atom. The molecule has 0 bridgehead atoms. The monoisotopic (exact) mass is 472 g/mol. The Labute approximate surface area is 178 Å². The Hall–Kier alpha value is -3.19. The molecule has 0 aromatic heterocycles. The van der Waals surface area contributed by atoms with E-state index >= 15 is 0 Å². The van der Waals surface area contributed by atoms with Crippen molar-refractivity contribution >= 4 is 29.3 Å². The minimum Gasteiger partial charge on any atom is -0.444 e. The third kappa shape index (κ3) is 8.89. The largest absolute Gasteiger partial charge is 0.444 e. The number of carbonyl (C=O) groups is 3. The van der Waals surface area contributed by atoms with E-state index < -0.39 is 64.8 Å². The predicted molar refractivity (Wildman–Crippen MR) is 101 cm³/mol. The van der Waals surface area contributed by atoms with Crippen LogP contribution < -0.4 is 21.7 Å². The van der Waals surface area contributed by atoms with Gasteiger partial charge in [-0.3, -0.25) is 9.59 Å². The number of benzene rings is 1. The van der Waals surface area contributed by atoms with Gasteiger partial charge in [0.05, 0.1) is 22.5 Å². The van der Waals surface area contributed by atoms with Gasteiger partial charge >= 0.3 is 18.4 Å². The van der Waals surface area contributed by atoms with Crippen LogP contribution in [-0.2, 0) is 26.7 Å². The summed E-state index contributed by atoms with van der Waals surface area (Å²) in [6.07, 6.45) is -12.0. The second-order valence-corrected chi connectivity index (χ2v) is 7.48. The van der Waals surface area contributed by atoms with Crippen molar-refractivity contribution in [3.8, 4) is 0 Å². The van der Waals surface area contributed by atoms with Crippen molar-refractivity contribution in [3.05, 3.63) is 23.3 Å². The van der Waals surface area contributed by atoms with Crippen LogP contribution in [0.1, 0.15) is 38.3 Å². The summed E-state index contributed by atoms with van der Waals surface area (Å²) in [5.74, 6) is -2.09. The zero-order valence-electron chi connectivity index (χ0n) is 17.3. The molecule has 5 N–H and O–H groups in total. The number of nitrogen functional groups attached to an aromatic ring is 1. The summed E-state index contributed by atoms with van der Waals surface area (Å²) < 4.78 is 82.7. The highest BCUT2D eigenvalue weighted by molar-refractivity contribution is 6.05. The van der Waals surface area contributed by atoms with Gasteiger partial charge in [-0.1, -0.05) is 0 Å². The van der Waals surface area contributed by atoms with Crippen molar-refractivity contribution < 1.29 is 45.5 Å². The molecule has 0 atom stereocenters. The van der Waals surface area contributed by atoms with Crippen molar-refractivity contribution in [2.45, 2.75) is 45.1 Å². The average molecular weight is 472 g/mol. The fourth-order valence-electron chi connectivity index (χ4n) is 2.24. The van der Waals surface area contributed by atoms with Crippen LogP contribution in [0, 0.1) is 0 Å². The topological polar surface area (TPSA) is 123 Å². The number of hydrogen-bond acceptors (Lipinski definition) is 5. The summed E-state index contributed by atoms with van der Waals surface area (Å²) in [7, 11) is 0. The molecule has 8 nitrogen and oxygen atoms in total. The number of nitrogens with two attached hydrogens (primary N) is 1. The van der Waals surface area contributed by atoms with Crippen LogP contribution >= 0.6 is 0 Å². The summed E-state index contributed by atoms with van der Waals surface area (Å²) in [5, 5.41) is 6.36. The highest BCUT2D eigenvalue weighted by atomic mass is 19.4. The van der Waals surface area contributed by atoms with Crippen LogP contribution in [-0.4, -0.2) is 36.6 Å². The lowest BCUT2D eigenvalue weighted by atomic mass is 10.1. The van der Waals surface area contributed by atoms with Crippen LogP contribution in [0.25, 0.3) is 0 Å². The first-order valence-corrected chi connectivity index (χ1v) is 9.01. The number of alkyl halides is 6. The van der Waals surface area contributed by atoms with E-state index in [2.05, 4.69) is 10.6 Å². The highest BCUT2D eigenvalue weighted by Crippen LogP contribution is 2.42. The standard InChI is InChI=1S/C18H22F6N4O4/c1-16(2,3)32-15(31)27-5-4-26-12(29)8-13(30)28-11-7-9(17(19,20)21)6-10(14(11)25)18(22,23)24/h6-7H,4-5,8,25H2,1-3H3,(H,26,29)(H,27,31)(H,28,30). The van der Waals surface area contributed by atoms with E-state index in [0.29, 0.717) is 0 Å².